The number of hydrogen-bond acceptors (Lipinski definition) is 4. The molecule has 8 heteroatoms. The van der Waals surface area contributed by atoms with Crippen molar-refractivity contribution in [2.24, 2.45) is 12.8 Å². The molecule has 0 spiro atoms. The first kappa shape index (κ1) is 17.9. The van der Waals surface area contributed by atoms with Crippen molar-refractivity contribution < 1.29 is 17.9 Å². The molecule has 1 aromatic heterocycles. The highest BCUT2D eigenvalue weighted by molar-refractivity contribution is 5.56. The minimum atomic E-state index is -4.43. The zero-order valence-corrected chi connectivity index (χ0v) is 14.4. The SMILES string of the molecule is CC(C)c1nn(C)c2c1C(c1ccc(C(F)(F)F)cc1)C(C#N)=C(N)O2. The highest BCUT2D eigenvalue weighted by Crippen LogP contribution is 2.45. The number of benzene rings is 1. The van der Waals surface area contributed by atoms with E-state index in [1.165, 1.54) is 16.8 Å². The van der Waals surface area contributed by atoms with Crippen molar-refractivity contribution >= 4 is 0 Å². The van der Waals surface area contributed by atoms with Crippen LogP contribution in [0.25, 0.3) is 0 Å². The fraction of sp³-hybridized carbons (Fsp3) is 0.333. The normalized spacial score (nSPS) is 17.1. The number of nitriles is 1. The second-order valence-corrected chi connectivity index (χ2v) is 6.43. The lowest BCUT2D eigenvalue weighted by atomic mass is 9.82. The standard InChI is InChI=1S/C18H17F3N4O/c1-9(2)15-14-13(10-4-6-11(7-5-10)18(19,20)21)12(8-22)16(23)26-17(14)25(3)24-15/h4-7,9,13H,23H2,1-3H3. The van der Waals surface area contributed by atoms with Gasteiger partial charge in [-0.25, -0.2) is 4.68 Å². The number of aromatic nitrogens is 2. The molecule has 2 heterocycles. The van der Waals surface area contributed by atoms with Gasteiger partial charge >= 0.3 is 6.18 Å². The van der Waals surface area contributed by atoms with Gasteiger partial charge < -0.3 is 10.5 Å². The quantitative estimate of drug-likeness (QED) is 0.882. The second kappa shape index (κ2) is 6.09. The van der Waals surface area contributed by atoms with E-state index in [9.17, 15) is 18.4 Å². The van der Waals surface area contributed by atoms with Crippen LogP contribution in [0.15, 0.2) is 35.7 Å². The summed E-state index contributed by atoms with van der Waals surface area (Å²) >= 11 is 0. The number of nitrogens with zero attached hydrogens (tertiary/aromatic N) is 3. The average Bonchev–Trinajstić information content (AvgIpc) is 2.90. The molecule has 0 fully saturated rings. The molecular formula is C18H17F3N4O. The third-order valence-electron chi connectivity index (χ3n) is 4.35. The van der Waals surface area contributed by atoms with Crippen LogP contribution in [0.1, 0.15) is 48.1 Å². The van der Waals surface area contributed by atoms with Crippen molar-refractivity contribution in [1.29, 1.82) is 5.26 Å². The van der Waals surface area contributed by atoms with Gasteiger partial charge in [0.15, 0.2) is 0 Å². The number of allylic oxidation sites excluding steroid dienone is 1. The van der Waals surface area contributed by atoms with Crippen LogP contribution in [0.2, 0.25) is 0 Å². The lowest BCUT2D eigenvalue weighted by molar-refractivity contribution is -0.137. The fourth-order valence-corrected chi connectivity index (χ4v) is 3.13. The molecule has 5 nitrogen and oxygen atoms in total. The van der Waals surface area contributed by atoms with Crippen LogP contribution in [0, 0.1) is 11.3 Å². The van der Waals surface area contributed by atoms with Crippen molar-refractivity contribution in [2.45, 2.75) is 31.9 Å². The molecule has 0 bridgehead atoms. The number of alkyl halides is 3. The summed E-state index contributed by atoms with van der Waals surface area (Å²) < 4.78 is 45.7. The lowest BCUT2D eigenvalue weighted by Gasteiger charge is -2.25. The van der Waals surface area contributed by atoms with E-state index in [2.05, 4.69) is 5.10 Å². The number of hydrogen-bond donors (Lipinski definition) is 1. The van der Waals surface area contributed by atoms with E-state index in [0.29, 0.717) is 22.7 Å². The largest absolute Gasteiger partial charge is 0.422 e. The molecule has 1 unspecified atom stereocenters. The predicted octanol–water partition coefficient (Wildman–Crippen LogP) is 3.78. The van der Waals surface area contributed by atoms with Gasteiger partial charge in [0, 0.05) is 7.05 Å². The van der Waals surface area contributed by atoms with Crippen molar-refractivity contribution in [3.05, 3.63) is 58.1 Å². The number of halogens is 3. The van der Waals surface area contributed by atoms with E-state index >= 15 is 0 Å². The highest BCUT2D eigenvalue weighted by Gasteiger charge is 2.37. The monoisotopic (exact) mass is 362 g/mol. The van der Waals surface area contributed by atoms with Crippen LogP contribution >= 0.6 is 0 Å². The Morgan fingerprint density at radius 2 is 1.88 bits per heavy atom. The zero-order valence-electron chi connectivity index (χ0n) is 14.4. The molecule has 1 aromatic carbocycles. The van der Waals surface area contributed by atoms with Gasteiger partial charge in [0.1, 0.15) is 11.6 Å². The maximum Gasteiger partial charge on any atom is 0.416 e. The number of fused-ring (bicyclic) bond motifs is 1. The highest BCUT2D eigenvalue weighted by atomic mass is 19.4. The molecule has 3 rings (SSSR count). The van der Waals surface area contributed by atoms with Crippen LogP contribution in [0.5, 0.6) is 5.88 Å². The van der Waals surface area contributed by atoms with Gasteiger partial charge in [0.25, 0.3) is 0 Å². The van der Waals surface area contributed by atoms with E-state index in [0.717, 1.165) is 12.1 Å². The van der Waals surface area contributed by atoms with Gasteiger partial charge in [-0.1, -0.05) is 26.0 Å². The lowest BCUT2D eigenvalue weighted by Crippen LogP contribution is -2.22. The summed E-state index contributed by atoms with van der Waals surface area (Å²) in [4.78, 5) is 0. The Morgan fingerprint density at radius 1 is 1.27 bits per heavy atom. The van der Waals surface area contributed by atoms with Gasteiger partial charge in [-0.3, -0.25) is 0 Å². The summed E-state index contributed by atoms with van der Waals surface area (Å²) in [6, 6.07) is 6.77. The molecule has 136 valence electrons. The number of nitrogens with two attached hydrogens (primary N) is 1. The van der Waals surface area contributed by atoms with Crippen LogP contribution in [0.3, 0.4) is 0 Å². The molecule has 0 aliphatic carbocycles. The Kier molecular flexibility index (Phi) is 4.18. The minimum Gasteiger partial charge on any atom is -0.422 e. The van der Waals surface area contributed by atoms with Gasteiger partial charge in [-0.2, -0.15) is 23.5 Å². The summed E-state index contributed by atoms with van der Waals surface area (Å²) in [5, 5.41) is 14.0. The molecule has 0 saturated carbocycles. The molecular weight excluding hydrogens is 345 g/mol. The van der Waals surface area contributed by atoms with Gasteiger partial charge in [0.05, 0.1) is 22.7 Å². The van der Waals surface area contributed by atoms with Gasteiger partial charge in [0.2, 0.25) is 11.8 Å². The maximum atomic E-state index is 12.9. The predicted molar refractivity (Wildman–Crippen MR) is 88.0 cm³/mol. The van der Waals surface area contributed by atoms with Crippen LogP contribution < -0.4 is 10.5 Å². The zero-order chi connectivity index (χ0) is 19.2. The Balaban J connectivity index is 2.21. The molecule has 1 atom stereocenters. The number of aryl methyl sites for hydroxylation is 1. The minimum absolute atomic E-state index is 0.0322. The van der Waals surface area contributed by atoms with Crippen molar-refractivity contribution in [1.82, 2.24) is 9.78 Å². The Hall–Kier alpha value is -2.95. The summed E-state index contributed by atoms with van der Waals surface area (Å²) in [5.74, 6) is -0.264. The first-order chi connectivity index (χ1) is 12.1. The van der Waals surface area contributed by atoms with Crippen molar-refractivity contribution in [3.63, 3.8) is 0 Å². The summed E-state index contributed by atoms with van der Waals surface area (Å²) in [6.45, 7) is 3.89. The molecule has 0 radical (unpaired) electrons. The van der Waals surface area contributed by atoms with E-state index < -0.39 is 17.7 Å². The maximum absolute atomic E-state index is 12.9. The smallest absolute Gasteiger partial charge is 0.416 e. The molecule has 1 aliphatic rings. The summed E-state index contributed by atoms with van der Waals surface area (Å²) in [7, 11) is 1.69. The summed E-state index contributed by atoms with van der Waals surface area (Å²) in [6.07, 6.45) is -4.43. The average molecular weight is 362 g/mol. The fourth-order valence-electron chi connectivity index (χ4n) is 3.13. The molecule has 0 saturated heterocycles. The molecule has 1 aliphatic heterocycles. The van der Waals surface area contributed by atoms with Gasteiger partial charge in [-0.05, 0) is 23.6 Å². The van der Waals surface area contributed by atoms with Crippen molar-refractivity contribution in [3.8, 4) is 11.9 Å². The second-order valence-electron chi connectivity index (χ2n) is 6.43. The Bertz CT molecular complexity index is 918. The molecule has 0 amide bonds. The van der Waals surface area contributed by atoms with E-state index in [1.54, 1.807) is 7.05 Å². The molecule has 2 N–H and O–H groups in total. The summed E-state index contributed by atoms with van der Waals surface area (Å²) in [5.41, 5.74) is 7.21. The molecule has 26 heavy (non-hydrogen) atoms. The third-order valence-corrected chi connectivity index (χ3v) is 4.35. The number of ether oxygens (including phenoxy) is 1. The van der Waals surface area contributed by atoms with Gasteiger partial charge in [-0.15, -0.1) is 0 Å². The van der Waals surface area contributed by atoms with E-state index in [1.807, 2.05) is 19.9 Å². The van der Waals surface area contributed by atoms with Crippen LogP contribution in [-0.2, 0) is 13.2 Å². The third kappa shape index (κ3) is 2.79. The topological polar surface area (TPSA) is 76.9 Å². The van der Waals surface area contributed by atoms with E-state index in [4.69, 9.17) is 10.5 Å². The van der Waals surface area contributed by atoms with Crippen molar-refractivity contribution in [2.75, 3.05) is 0 Å². The molecule has 2 aromatic rings. The first-order valence-electron chi connectivity index (χ1n) is 7.96. The first-order valence-corrected chi connectivity index (χ1v) is 7.96. The van der Waals surface area contributed by atoms with E-state index in [-0.39, 0.29) is 17.4 Å². The Labute approximate surface area is 148 Å². The van der Waals surface area contributed by atoms with Crippen LogP contribution in [-0.4, -0.2) is 9.78 Å². The number of rotatable bonds is 2. The Morgan fingerprint density at radius 3 is 2.38 bits per heavy atom. The van der Waals surface area contributed by atoms with Crippen LogP contribution in [0.4, 0.5) is 13.2 Å².